The first-order valence-corrected chi connectivity index (χ1v) is 7.29. The predicted octanol–water partition coefficient (Wildman–Crippen LogP) is 3.22. The van der Waals surface area contributed by atoms with Crippen LogP contribution in [0.15, 0.2) is 17.5 Å². The van der Waals surface area contributed by atoms with Gasteiger partial charge in [0.05, 0.1) is 6.54 Å². The second-order valence-electron chi connectivity index (χ2n) is 4.49. The Morgan fingerprint density at radius 2 is 1.94 bits per heavy atom. The average molecular weight is 252 g/mol. The quantitative estimate of drug-likeness (QED) is 0.861. The standard InChI is InChI=1S/C13H20N2OS/c16-13(14-11-12-7-6-10-17-12)15-8-4-2-1-3-5-9-15/h6-7,10H,1-5,8-9,11H2,(H,14,16). The van der Waals surface area contributed by atoms with Gasteiger partial charge in [-0.25, -0.2) is 4.79 Å². The van der Waals surface area contributed by atoms with Crippen molar-refractivity contribution in [1.82, 2.24) is 10.2 Å². The summed E-state index contributed by atoms with van der Waals surface area (Å²) >= 11 is 1.69. The summed E-state index contributed by atoms with van der Waals surface area (Å²) in [4.78, 5) is 15.2. The van der Waals surface area contributed by atoms with E-state index >= 15 is 0 Å². The number of amides is 2. The van der Waals surface area contributed by atoms with Gasteiger partial charge in [-0.15, -0.1) is 11.3 Å². The van der Waals surface area contributed by atoms with E-state index in [0.717, 1.165) is 25.9 Å². The maximum absolute atomic E-state index is 12.0. The molecule has 2 amide bonds. The van der Waals surface area contributed by atoms with Gasteiger partial charge in [-0.3, -0.25) is 0 Å². The lowest BCUT2D eigenvalue weighted by Gasteiger charge is -2.24. The van der Waals surface area contributed by atoms with Crippen molar-refractivity contribution in [3.05, 3.63) is 22.4 Å². The molecule has 0 aliphatic carbocycles. The van der Waals surface area contributed by atoms with Gasteiger partial charge in [0.1, 0.15) is 0 Å². The van der Waals surface area contributed by atoms with Crippen molar-refractivity contribution in [3.63, 3.8) is 0 Å². The molecule has 17 heavy (non-hydrogen) atoms. The number of carbonyl (C=O) groups excluding carboxylic acids is 1. The maximum atomic E-state index is 12.0. The normalized spacial score (nSPS) is 17.3. The molecule has 1 aliphatic rings. The highest BCUT2D eigenvalue weighted by molar-refractivity contribution is 7.09. The van der Waals surface area contributed by atoms with Crippen LogP contribution in [-0.2, 0) is 6.54 Å². The van der Waals surface area contributed by atoms with Crippen LogP contribution in [0.1, 0.15) is 37.0 Å². The van der Waals surface area contributed by atoms with Crippen molar-refractivity contribution in [2.75, 3.05) is 13.1 Å². The number of hydrogen-bond acceptors (Lipinski definition) is 2. The molecule has 0 aromatic carbocycles. The molecule has 94 valence electrons. The lowest BCUT2D eigenvalue weighted by molar-refractivity contribution is 0.192. The number of nitrogens with zero attached hydrogens (tertiary/aromatic N) is 1. The van der Waals surface area contributed by atoms with E-state index in [-0.39, 0.29) is 6.03 Å². The van der Waals surface area contributed by atoms with Gasteiger partial charge in [-0.2, -0.15) is 0 Å². The summed E-state index contributed by atoms with van der Waals surface area (Å²) < 4.78 is 0. The minimum atomic E-state index is 0.0975. The Morgan fingerprint density at radius 3 is 2.59 bits per heavy atom. The van der Waals surface area contributed by atoms with Gasteiger partial charge < -0.3 is 10.2 Å². The van der Waals surface area contributed by atoms with E-state index < -0.39 is 0 Å². The molecule has 0 unspecified atom stereocenters. The van der Waals surface area contributed by atoms with Crippen LogP contribution in [0.25, 0.3) is 0 Å². The summed E-state index contributed by atoms with van der Waals surface area (Å²) in [5, 5.41) is 5.04. The minimum absolute atomic E-state index is 0.0975. The Kier molecular flexibility index (Phi) is 4.86. The Morgan fingerprint density at radius 1 is 1.24 bits per heavy atom. The topological polar surface area (TPSA) is 32.3 Å². The van der Waals surface area contributed by atoms with Gasteiger partial charge in [-0.05, 0) is 24.3 Å². The van der Waals surface area contributed by atoms with E-state index in [1.165, 1.54) is 24.1 Å². The molecule has 0 atom stereocenters. The maximum Gasteiger partial charge on any atom is 0.317 e. The number of hydrogen-bond donors (Lipinski definition) is 1. The highest BCUT2D eigenvalue weighted by atomic mass is 32.1. The van der Waals surface area contributed by atoms with Crippen LogP contribution >= 0.6 is 11.3 Å². The lowest BCUT2D eigenvalue weighted by Crippen LogP contribution is -2.41. The van der Waals surface area contributed by atoms with Crippen molar-refractivity contribution in [2.45, 2.75) is 38.6 Å². The van der Waals surface area contributed by atoms with Crippen LogP contribution in [0.5, 0.6) is 0 Å². The molecular weight excluding hydrogens is 232 g/mol. The molecule has 1 aromatic heterocycles. The summed E-state index contributed by atoms with van der Waals surface area (Å²) in [6, 6.07) is 4.17. The van der Waals surface area contributed by atoms with E-state index in [1.54, 1.807) is 11.3 Å². The first-order chi connectivity index (χ1) is 8.36. The molecule has 0 bridgehead atoms. The van der Waals surface area contributed by atoms with Crippen LogP contribution in [0.4, 0.5) is 4.79 Å². The summed E-state index contributed by atoms with van der Waals surface area (Å²) in [6.45, 7) is 2.49. The van der Waals surface area contributed by atoms with Gasteiger partial charge >= 0.3 is 6.03 Å². The molecule has 2 heterocycles. The number of thiophene rings is 1. The van der Waals surface area contributed by atoms with Crippen LogP contribution in [0, 0.1) is 0 Å². The number of carbonyl (C=O) groups is 1. The van der Waals surface area contributed by atoms with Gasteiger partial charge in [0.2, 0.25) is 0 Å². The van der Waals surface area contributed by atoms with E-state index in [0.29, 0.717) is 6.54 Å². The number of urea groups is 1. The summed E-state index contributed by atoms with van der Waals surface area (Å²) in [6.07, 6.45) is 6.13. The molecule has 4 heteroatoms. The molecule has 2 rings (SSSR count). The fourth-order valence-electron chi connectivity index (χ4n) is 2.14. The van der Waals surface area contributed by atoms with Crippen LogP contribution in [0.2, 0.25) is 0 Å². The molecule has 1 aromatic rings. The molecule has 1 aliphatic heterocycles. The van der Waals surface area contributed by atoms with E-state index in [2.05, 4.69) is 11.4 Å². The highest BCUT2D eigenvalue weighted by Crippen LogP contribution is 2.11. The largest absolute Gasteiger partial charge is 0.333 e. The summed E-state index contributed by atoms with van der Waals surface area (Å²) in [5.41, 5.74) is 0. The first kappa shape index (κ1) is 12.4. The molecule has 1 saturated heterocycles. The zero-order valence-corrected chi connectivity index (χ0v) is 11.0. The summed E-state index contributed by atoms with van der Waals surface area (Å²) in [7, 11) is 0. The molecule has 0 radical (unpaired) electrons. The third-order valence-electron chi connectivity index (χ3n) is 3.14. The van der Waals surface area contributed by atoms with Crippen LogP contribution in [-0.4, -0.2) is 24.0 Å². The number of nitrogens with one attached hydrogen (secondary N) is 1. The zero-order chi connectivity index (χ0) is 11.9. The second kappa shape index (κ2) is 6.64. The third-order valence-corrected chi connectivity index (χ3v) is 4.01. The number of rotatable bonds is 2. The number of likely N-dealkylation sites (tertiary alicyclic amines) is 1. The fourth-order valence-corrected chi connectivity index (χ4v) is 2.78. The second-order valence-corrected chi connectivity index (χ2v) is 5.53. The average Bonchev–Trinajstić information content (AvgIpc) is 2.78. The van der Waals surface area contributed by atoms with E-state index in [9.17, 15) is 4.79 Å². The summed E-state index contributed by atoms with van der Waals surface area (Å²) in [5.74, 6) is 0. The SMILES string of the molecule is O=C(NCc1cccs1)N1CCCCCCC1. The molecule has 0 spiro atoms. The van der Waals surface area contributed by atoms with Gasteiger partial charge in [0.15, 0.2) is 0 Å². The van der Waals surface area contributed by atoms with E-state index in [1.807, 2.05) is 16.3 Å². The van der Waals surface area contributed by atoms with Gasteiger partial charge in [0, 0.05) is 18.0 Å². The van der Waals surface area contributed by atoms with Crippen LogP contribution < -0.4 is 5.32 Å². The van der Waals surface area contributed by atoms with Crippen molar-refractivity contribution in [3.8, 4) is 0 Å². The fraction of sp³-hybridized carbons (Fsp3) is 0.615. The molecular formula is C13H20N2OS. The van der Waals surface area contributed by atoms with Crippen molar-refractivity contribution in [2.24, 2.45) is 0 Å². The Hall–Kier alpha value is -1.03. The molecule has 3 nitrogen and oxygen atoms in total. The van der Waals surface area contributed by atoms with E-state index in [4.69, 9.17) is 0 Å². The molecule has 1 N–H and O–H groups in total. The van der Waals surface area contributed by atoms with Crippen LogP contribution in [0.3, 0.4) is 0 Å². The zero-order valence-electron chi connectivity index (χ0n) is 10.2. The van der Waals surface area contributed by atoms with Crippen molar-refractivity contribution >= 4 is 17.4 Å². The predicted molar refractivity (Wildman–Crippen MR) is 71.2 cm³/mol. The first-order valence-electron chi connectivity index (χ1n) is 6.41. The van der Waals surface area contributed by atoms with Crippen molar-refractivity contribution in [1.29, 1.82) is 0 Å². The molecule has 1 fully saturated rings. The lowest BCUT2D eigenvalue weighted by atomic mass is 10.1. The minimum Gasteiger partial charge on any atom is -0.333 e. The third kappa shape index (κ3) is 4.04. The Balaban J connectivity index is 1.77. The van der Waals surface area contributed by atoms with Crippen molar-refractivity contribution < 1.29 is 4.79 Å². The Bertz CT molecular complexity index is 329. The van der Waals surface area contributed by atoms with Gasteiger partial charge in [-0.1, -0.05) is 25.3 Å². The Labute approximate surface area is 107 Å². The van der Waals surface area contributed by atoms with Gasteiger partial charge in [0.25, 0.3) is 0 Å². The molecule has 0 saturated carbocycles. The highest BCUT2D eigenvalue weighted by Gasteiger charge is 2.13. The monoisotopic (exact) mass is 252 g/mol. The smallest absolute Gasteiger partial charge is 0.317 e.